The van der Waals surface area contributed by atoms with E-state index in [2.05, 4.69) is 0 Å². The van der Waals surface area contributed by atoms with E-state index in [1.54, 1.807) is 24.3 Å². The Morgan fingerprint density at radius 2 is 1.35 bits per heavy atom. The molecule has 0 aromatic heterocycles. The van der Waals surface area contributed by atoms with Crippen molar-refractivity contribution in [2.45, 2.75) is 33.8 Å². The highest BCUT2D eigenvalue weighted by molar-refractivity contribution is 5.40. The van der Waals surface area contributed by atoms with E-state index in [-0.39, 0.29) is 11.3 Å². The molecule has 0 heterocycles. The minimum atomic E-state index is -3.33. The second kappa shape index (κ2) is 5.23. The van der Waals surface area contributed by atoms with E-state index >= 15 is 0 Å². The van der Waals surface area contributed by atoms with Crippen molar-refractivity contribution in [1.82, 2.24) is 0 Å². The molecule has 0 aliphatic carbocycles. The van der Waals surface area contributed by atoms with E-state index < -0.39 is 6.11 Å². The maximum Gasteiger partial charge on any atom is 0.426 e. The van der Waals surface area contributed by atoms with Gasteiger partial charge in [0.05, 0.1) is 5.56 Å². The lowest BCUT2D eigenvalue weighted by Gasteiger charge is -2.19. The Kier molecular flexibility index (Phi) is 3.80. The van der Waals surface area contributed by atoms with E-state index in [1.165, 1.54) is 12.1 Å². The van der Waals surface area contributed by atoms with Gasteiger partial charge in [-0.1, -0.05) is 17.7 Å². The standard InChI is InChI=1S/C17H18F2O/c1-11-5-7-15(8-6-11)17(18,19)20-16-9-12(2)14(4)13(3)10-16/h5-10H,1-4H3. The first-order valence-corrected chi connectivity index (χ1v) is 6.51. The highest BCUT2D eigenvalue weighted by Crippen LogP contribution is 2.33. The number of benzene rings is 2. The first-order chi connectivity index (χ1) is 9.29. The smallest absolute Gasteiger partial charge is 0.426 e. The van der Waals surface area contributed by atoms with Crippen LogP contribution in [0.1, 0.15) is 27.8 Å². The first kappa shape index (κ1) is 14.5. The second-order valence-corrected chi connectivity index (χ2v) is 5.17. The van der Waals surface area contributed by atoms with Gasteiger partial charge < -0.3 is 4.74 Å². The molecule has 0 amide bonds. The minimum absolute atomic E-state index is 0.140. The third-order valence-corrected chi connectivity index (χ3v) is 3.53. The van der Waals surface area contributed by atoms with Crippen molar-refractivity contribution in [3.8, 4) is 5.75 Å². The van der Waals surface area contributed by atoms with Crippen LogP contribution in [0.2, 0.25) is 0 Å². The van der Waals surface area contributed by atoms with Gasteiger partial charge in [0.25, 0.3) is 0 Å². The van der Waals surface area contributed by atoms with Crippen LogP contribution >= 0.6 is 0 Å². The Labute approximate surface area is 118 Å². The van der Waals surface area contributed by atoms with Crippen molar-refractivity contribution in [2.24, 2.45) is 0 Å². The van der Waals surface area contributed by atoms with E-state index in [0.29, 0.717) is 0 Å². The van der Waals surface area contributed by atoms with E-state index in [1.807, 2.05) is 27.7 Å². The third kappa shape index (κ3) is 2.98. The third-order valence-electron chi connectivity index (χ3n) is 3.53. The van der Waals surface area contributed by atoms with Crippen LogP contribution in [0.25, 0.3) is 0 Å². The molecule has 20 heavy (non-hydrogen) atoms. The lowest BCUT2D eigenvalue weighted by Crippen LogP contribution is -2.22. The summed E-state index contributed by atoms with van der Waals surface area (Å²) in [6.45, 7) is 7.60. The monoisotopic (exact) mass is 276 g/mol. The number of halogens is 2. The van der Waals surface area contributed by atoms with Gasteiger partial charge in [0.15, 0.2) is 0 Å². The van der Waals surface area contributed by atoms with Gasteiger partial charge in [-0.3, -0.25) is 0 Å². The van der Waals surface area contributed by atoms with Crippen molar-refractivity contribution in [2.75, 3.05) is 0 Å². The topological polar surface area (TPSA) is 9.23 Å². The molecule has 106 valence electrons. The molecule has 3 heteroatoms. The minimum Gasteiger partial charge on any atom is -0.429 e. The van der Waals surface area contributed by atoms with Crippen molar-refractivity contribution in [1.29, 1.82) is 0 Å². The molecular weight excluding hydrogens is 258 g/mol. The number of hydrogen-bond donors (Lipinski definition) is 0. The van der Waals surface area contributed by atoms with Crippen molar-refractivity contribution >= 4 is 0 Å². The van der Waals surface area contributed by atoms with E-state index in [4.69, 9.17) is 4.74 Å². The van der Waals surface area contributed by atoms with Crippen LogP contribution in [0.5, 0.6) is 5.75 Å². The van der Waals surface area contributed by atoms with Crippen LogP contribution in [0.3, 0.4) is 0 Å². The first-order valence-electron chi connectivity index (χ1n) is 6.51. The Balaban J connectivity index is 2.30. The van der Waals surface area contributed by atoms with Gasteiger partial charge in [-0.15, -0.1) is 0 Å². The van der Waals surface area contributed by atoms with Gasteiger partial charge in [-0.25, -0.2) is 0 Å². The summed E-state index contributed by atoms with van der Waals surface area (Å²) in [5.74, 6) is 0.191. The molecule has 2 aromatic carbocycles. The quantitative estimate of drug-likeness (QED) is 0.762. The van der Waals surface area contributed by atoms with E-state index in [9.17, 15) is 8.78 Å². The lowest BCUT2D eigenvalue weighted by atomic mass is 10.0. The summed E-state index contributed by atoms with van der Waals surface area (Å²) in [5, 5.41) is 0. The molecule has 1 nitrogen and oxygen atoms in total. The summed E-state index contributed by atoms with van der Waals surface area (Å²) in [5.41, 5.74) is 3.78. The Bertz CT molecular complexity index is 592. The number of alkyl halides is 2. The van der Waals surface area contributed by atoms with Crippen LogP contribution in [-0.2, 0) is 6.11 Å². The summed E-state index contributed by atoms with van der Waals surface area (Å²) in [7, 11) is 0. The molecule has 0 aliphatic heterocycles. The van der Waals surface area contributed by atoms with Crippen molar-refractivity contribution in [3.63, 3.8) is 0 Å². The normalized spacial score (nSPS) is 11.5. The van der Waals surface area contributed by atoms with Crippen molar-refractivity contribution in [3.05, 3.63) is 64.2 Å². The Hall–Kier alpha value is -1.90. The maximum atomic E-state index is 14.1. The fraction of sp³-hybridized carbons (Fsp3) is 0.294. The molecule has 2 aromatic rings. The van der Waals surface area contributed by atoms with Gasteiger partial charge in [-0.2, -0.15) is 8.78 Å². The summed E-state index contributed by atoms with van der Waals surface area (Å²) in [6.07, 6.45) is -3.33. The van der Waals surface area contributed by atoms with Crippen LogP contribution in [0.15, 0.2) is 36.4 Å². The number of ether oxygens (including phenoxy) is 1. The molecule has 0 unspecified atom stereocenters. The number of rotatable bonds is 3. The largest absolute Gasteiger partial charge is 0.429 e. The molecule has 0 fully saturated rings. The summed E-state index contributed by atoms with van der Waals surface area (Å²) in [6, 6.07) is 9.37. The van der Waals surface area contributed by atoms with Crippen LogP contribution in [0.4, 0.5) is 8.78 Å². The van der Waals surface area contributed by atoms with Gasteiger partial charge >= 0.3 is 6.11 Å². The highest BCUT2D eigenvalue weighted by Gasteiger charge is 2.34. The van der Waals surface area contributed by atoms with Gasteiger partial charge in [-0.05, 0) is 68.7 Å². The molecule has 0 saturated heterocycles. The summed E-state index contributed by atoms with van der Waals surface area (Å²) >= 11 is 0. The summed E-state index contributed by atoms with van der Waals surface area (Å²) < 4.78 is 33.1. The van der Waals surface area contributed by atoms with Gasteiger partial charge in [0, 0.05) is 0 Å². The molecular formula is C17H18F2O. The molecule has 0 spiro atoms. The molecule has 0 radical (unpaired) electrons. The predicted molar refractivity (Wildman–Crippen MR) is 76.4 cm³/mol. The fourth-order valence-corrected chi connectivity index (χ4v) is 2.01. The van der Waals surface area contributed by atoms with Gasteiger partial charge in [0.1, 0.15) is 5.75 Å². The Morgan fingerprint density at radius 3 is 1.85 bits per heavy atom. The molecule has 2 rings (SSSR count). The fourth-order valence-electron chi connectivity index (χ4n) is 2.01. The predicted octanol–water partition coefficient (Wildman–Crippen LogP) is 5.05. The maximum absolute atomic E-state index is 14.1. The molecule has 0 N–H and O–H groups in total. The average Bonchev–Trinajstić information content (AvgIpc) is 2.36. The zero-order valence-electron chi connectivity index (χ0n) is 12.1. The number of aryl methyl sites for hydroxylation is 3. The van der Waals surface area contributed by atoms with Gasteiger partial charge in [0.2, 0.25) is 0 Å². The second-order valence-electron chi connectivity index (χ2n) is 5.17. The lowest BCUT2D eigenvalue weighted by molar-refractivity contribution is -0.185. The highest BCUT2D eigenvalue weighted by atomic mass is 19.3. The molecule has 0 bridgehead atoms. The zero-order valence-corrected chi connectivity index (χ0v) is 12.1. The SMILES string of the molecule is Cc1ccc(C(F)(F)Oc2cc(C)c(C)c(C)c2)cc1. The Morgan fingerprint density at radius 1 is 0.850 bits per heavy atom. The molecule has 0 atom stereocenters. The van der Waals surface area contributed by atoms with Crippen LogP contribution in [0, 0.1) is 27.7 Å². The van der Waals surface area contributed by atoms with E-state index in [0.717, 1.165) is 22.3 Å². The van der Waals surface area contributed by atoms with Crippen LogP contribution in [-0.4, -0.2) is 0 Å². The zero-order chi connectivity index (χ0) is 14.9. The average molecular weight is 276 g/mol. The number of hydrogen-bond acceptors (Lipinski definition) is 1. The molecule has 0 aliphatic rings. The van der Waals surface area contributed by atoms with Crippen LogP contribution < -0.4 is 4.74 Å². The summed E-state index contributed by atoms with van der Waals surface area (Å²) in [4.78, 5) is 0. The van der Waals surface area contributed by atoms with Crippen molar-refractivity contribution < 1.29 is 13.5 Å². The molecule has 0 saturated carbocycles.